The van der Waals surface area contributed by atoms with E-state index in [-0.39, 0.29) is 11.6 Å². The Morgan fingerprint density at radius 3 is 3.06 bits per heavy atom. The van der Waals surface area contributed by atoms with Crippen LogP contribution in [0.15, 0.2) is 6.20 Å². The molecule has 0 radical (unpaired) electrons. The van der Waals surface area contributed by atoms with Gasteiger partial charge < -0.3 is 4.74 Å². The molecule has 1 aromatic heterocycles. The van der Waals surface area contributed by atoms with Gasteiger partial charge in [0.1, 0.15) is 0 Å². The molecule has 17 heavy (non-hydrogen) atoms. The number of aromatic nitrogens is 2. The smallest absolute Gasteiger partial charge is 0.0686 e. The number of hydrazine groups is 1. The van der Waals surface area contributed by atoms with Crippen molar-refractivity contribution in [3.05, 3.63) is 11.1 Å². The molecule has 2 atom stereocenters. The highest BCUT2D eigenvalue weighted by Gasteiger charge is 2.44. The number of rotatable bonds is 3. The van der Waals surface area contributed by atoms with E-state index in [1.807, 2.05) is 6.20 Å². The molecule has 6 heteroatoms. The first kappa shape index (κ1) is 11.5. The van der Waals surface area contributed by atoms with Crippen LogP contribution in [0.2, 0.25) is 0 Å². The van der Waals surface area contributed by atoms with Gasteiger partial charge in [0, 0.05) is 6.61 Å². The fourth-order valence-electron chi connectivity index (χ4n) is 3.03. The van der Waals surface area contributed by atoms with Crippen molar-refractivity contribution in [2.45, 2.75) is 43.7 Å². The minimum atomic E-state index is 0.163. The van der Waals surface area contributed by atoms with E-state index in [1.54, 1.807) is 0 Å². The quantitative estimate of drug-likeness (QED) is 0.630. The molecule has 0 bridgehead atoms. The van der Waals surface area contributed by atoms with Gasteiger partial charge in [0.2, 0.25) is 0 Å². The Morgan fingerprint density at radius 2 is 2.47 bits per heavy atom. The van der Waals surface area contributed by atoms with Gasteiger partial charge in [-0.15, -0.1) is 5.10 Å². The molecule has 1 aromatic rings. The van der Waals surface area contributed by atoms with E-state index >= 15 is 0 Å². The molecular formula is C11H18N4OS. The van der Waals surface area contributed by atoms with E-state index in [0.29, 0.717) is 5.92 Å². The summed E-state index contributed by atoms with van der Waals surface area (Å²) >= 11 is 1.43. The minimum absolute atomic E-state index is 0.163. The van der Waals surface area contributed by atoms with Gasteiger partial charge in [0.25, 0.3) is 0 Å². The maximum atomic E-state index is 5.95. The summed E-state index contributed by atoms with van der Waals surface area (Å²) in [5, 5.41) is 3.90. The fourth-order valence-corrected chi connectivity index (χ4v) is 3.69. The molecule has 1 aliphatic carbocycles. The van der Waals surface area contributed by atoms with Crippen molar-refractivity contribution in [1.82, 2.24) is 15.0 Å². The lowest BCUT2D eigenvalue weighted by atomic mass is 9.70. The second-order valence-electron chi connectivity index (χ2n) is 5.10. The van der Waals surface area contributed by atoms with Crippen molar-refractivity contribution >= 4 is 11.5 Å². The number of nitrogens with one attached hydrogen (secondary N) is 1. The molecule has 2 heterocycles. The zero-order valence-electron chi connectivity index (χ0n) is 9.76. The summed E-state index contributed by atoms with van der Waals surface area (Å²) in [6.45, 7) is 0.856. The Balaban J connectivity index is 1.73. The molecule has 1 saturated heterocycles. The van der Waals surface area contributed by atoms with Crippen LogP contribution in [0.1, 0.15) is 43.0 Å². The van der Waals surface area contributed by atoms with Gasteiger partial charge in [-0.1, -0.05) is 4.49 Å². The monoisotopic (exact) mass is 254 g/mol. The first-order valence-electron chi connectivity index (χ1n) is 6.20. The number of hydrogen-bond donors (Lipinski definition) is 2. The molecule has 2 unspecified atom stereocenters. The first-order valence-corrected chi connectivity index (χ1v) is 6.98. The Hall–Kier alpha value is -0.560. The Bertz CT molecular complexity index is 366. The van der Waals surface area contributed by atoms with E-state index in [2.05, 4.69) is 15.0 Å². The van der Waals surface area contributed by atoms with Crippen LogP contribution in [-0.4, -0.2) is 21.8 Å². The van der Waals surface area contributed by atoms with Gasteiger partial charge in [-0.25, -0.2) is 0 Å². The molecule has 3 rings (SSSR count). The largest absolute Gasteiger partial charge is 0.375 e. The number of nitrogens with zero attached hydrogens (tertiary/aromatic N) is 2. The third-order valence-corrected chi connectivity index (χ3v) is 4.88. The Labute approximate surface area is 105 Å². The van der Waals surface area contributed by atoms with E-state index in [0.717, 1.165) is 24.3 Å². The van der Waals surface area contributed by atoms with E-state index < -0.39 is 0 Å². The Morgan fingerprint density at radius 1 is 1.59 bits per heavy atom. The summed E-state index contributed by atoms with van der Waals surface area (Å²) in [6, 6.07) is 0.177. The second-order valence-corrected chi connectivity index (χ2v) is 5.92. The lowest BCUT2D eigenvalue weighted by Gasteiger charge is -2.48. The number of nitrogens with two attached hydrogens (primary N) is 1. The highest BCUT2D eigenvalue weighted by atomic mass is 32.1. The van der Waals surface area contributed by atoms with Crippen LogP contribution in [0.25, 0.3) is 0 Å². The van der Waals surface area contributed by atoms with Gasteiger partial charge in [-0.2, -0.15) is 0 Å². The van der Waals surface area contributed by atoms with Crippen molar-refractivity contribution in [2.75, 3.05) is 6.61 Å². The summed E-state index contributed by atoms with van der Waals surface area (Å²) in [6.07, 6.45) is 7.71. The van der Waals surface area contributed by atoms with Crippen LogP contribution < -0.4 is 11.3 Å². The fraction of sp³-hybridized carbons (Fsp3) is 0.818. The van der Waals surface area contributed by atoms with Gasteiger partial charge in [0.15, 0.2) is 0 Å². The lowest BCUT2D eigenvalue weighted by Crippen LogP contribution is -2.48. The van der Waals surface area contributed by atoms with E-state index in [1.165, 1.54) is 30.8 Å². The van der Waals surface area contributed by atoms with Gasteiger partial charge in [-0.05, 0) is 49.6 Å². The molecule has 5 nitrogen and oxygen atoms in total. The standard InChI is InChI=1S/C11H18N4OS/c12-14-10(9-7-13-15-17-9)8-2-5-16-11(6-8)3-1-4-11/h7-8,10,14H,1-6,12H2. The van der Waals surface area contributed by atoms with Crippen molar-refractivity contribution < 1.29 is 4.74 Å². The normalized spacial score (nSPS) is 28.9. The molecule has 94 valence electrons. The molecule has 1 aliphatic heterocycles. The van der Waals surface area contributed by atoms with Crippen LogP contribution in [0.3, 0.4) is 0 Å². The second kappa shape index (κ2) is 4.61. The molecular weight excluding hydrogens is 236 g/mol. The van der Waals surface area contributed by atoms with Crippen molar-refractivity contribution in [3.63, 3.8) is 0 Å². The third kappa shape index (κ3) is 2.10. The average Bonchev–Trinajstić information content (AvgIpc) is 2.82. The third-order valence-electron chi connectivity index (χ3n) is 4.13. The van der Waals surface area contributed by atoms with Crippen molar-refractivity contribution in [3.8, 4) is 0 Å². The summed E-state index contributed by atoms with van der Waals surface area (Å²) in [5.74, 6) is 6.24. The molecule has 0 aromatic carbocycles. The van der Waals surface area contributed by atoms with Gasteiger partial charge >= 0.3 is 0 Å². The molecule has 2 fully saturated rings. The summed E-state index contributed by atoms with van der Waals surface area (Å²) < 4.78 is 9.87. The van der Waals surface area contributed by atoms with Crippen LogP contribution >= 0.6 is 11.5 Å². The van der Waals surface area contributed by atoms with Gasteiger partial charge in [0.05, 0.1) is 22.7 Å². The average molecular weight is 254 g/mol. The van der Waals surface area contributed by atoms with Crippen LogP contribution in [0, 0.1) is 5.92 Å². The molecule has 2 aliphatic rings. The predicted octanol–water partition coefficient (Wildman–Crippen LogP) is 1.39. The maximum Gasteiger partial charge on any atom is 0.0686 e. The van der Waals surface area contributed by atoms with Crippen molar-refractivity contribution in [1.29, 1.82) is 0 Å². The minimum Gasteiger partial charge on any atom is -0.375 e. The number of ether oxygens (including phenoxy) is 1. The van der Waals surface area contributed by atoms with Crippen LogP contribution in [0.5, 0.6) is 0 Å². The summed E-state index contributed by atoms with van der Waals surface area (Å²) in [5.41, 5.74) is 3.10. The maximum absolute atomic E-state index is 5.95. The van der Waals surface area contributed by atoms with Crippen molar-refractivity contribution in [2.24, 2.45) is 11.8 Å². The highest BCUT2D eigenvalue weighted by Crippen LogP contribution is 2.47. The van der Waals surface area contributed by atoms with E-state index in [4.69, 9.17) is 10.6 Å². The molecule has 0 amide bonds. The van der Waals surface area contributed by atoms with Crippen LogP contribution in [0.4, 0.5) is 0 Å². The molecule has 1 spiro atoms. The number of hydrogen-bond acceptors (Lipinski definition) is 6. The predicted molar refractivity (Wildman–Crippen MR) is 65.2 cm³/mol. The Kier molecular flexibility index (Phi) is 3.12. The van der Waals surface area contributed by atoms with Crippen LogP contribution in [-0.2, 0) is 4.74 Å². The first-order chi connectivity index (χ1) is 8.33. The SMILES string of the molecule is NNC(c1cnns1)C1CCOC2(CCC2)C1. The lowest BCUT2D eigenvalue weighted by molar-refractivity contribution is -0.147. The molecule has 3 N–H and O–H groups in total. The summed E-state index contributed by atoms with van der Waals surface area (Å²) in [7, 11) is 0. The zero-order valence-corrected chi connectivity index (χ0v) is 10.6. The van der Waals surface area contributed by atoms with E-state index in [9.17, 15) is 0 Å². The topological polar surface area (TPSA) is 73.1 Å². The zero-order chi connectivity index (χ0) is 11.7. The summed E-state index contributed by atoms with van der Waals surface area (Å²) in [4.78, 5) is 1.13. The highest BCUT2D eigenvalue weighted by molar-refractivity contribution is 7.05. The molecule has 1 saturated carbocycles. The van der Waals surface area contributed by atoms with Gasteiger partial charge in [-0.3, -0.25) is 11.3 Å².